The first-order valence-electron chi connectivity index (χ1n) is 9.92. The monoisotopic (exact) mass is 470 g/mol. The van der Waals surface area contributed by atoms with E-state index < -0.39 is 17.7 Å². The lowest BCUT2D eigenvalue weighted by atomic mass is 10.2. The largest absolute Gasteiger partial charge is 0.419 e. The zero-order valence-corrected chi connectivity index (χ0v) is 19.6. The predicted molar refractivity (Wildman–Crippen MR) is 116 cm³/mol. The Morgan fingerprint density at radius 2 is 1.52 bits per heavy atom. The average Bonchev–Trinajstić information content (AvgIpc) is 2.71. The van der Waals surface area contributed by atoms with Crippen LogP contribution >= 0.6 is 15.9 Å². The van der Waals surface area contributed by atoms with Gasteiger partial charge in [-0.05, 0) is 28.1 Å². The molecule has 0 bridgehead atoms. The molecule has 0 unspecified atom stereocenters. The highest BCUT2D eigenvalue weighted by Gasteiger charge is 2.42. The van der Waals surface area contributed by atoms with Crippen LogP contribution in [-0.2, 0) is 23.8 Å². The SMILES string of the molecule is CC.CC.CC1(C)OC(=O)C(=C(Nc2ccccc2Br)N2CCOCC2)C(=O)O1. The smallest absolute Gasteiger partial charge is 0.352 e. The number of ether oxygens (including phenoxy) is 3. The van der Waals surface area contributed by atoms with Gasteiger partial charge in [-0.15, -0.1) is 0 Å². The molecule has 0 amide bonds. The second-order valence-corrected chi connectivity index (χ2v) is 6.96. The van der Waals surface area contributed by atoms with Gasteiger partial charge < -0.3 is 24.4 Å². The van der Waals surface area contributed by atoms with E-state index in [4.69, 9.17) is 14.2 Å². The van der Waals surface area contributed by atoms with Gasteiger partial charge in [0.1, 0.15) is 5.82 Å². The van der Waals surface area contributed by atoms with Gasteiger partial charge in [-0.25, -0.2) is 9.59 Å². The van der Waals surface area contributed by atoms with Gasteiger partial charge in [-0.1, -0.05) is 39.8 Å². The van der Waals surface area contributed by atoms with Crippen LogP contribution in [0.3, 0.4) is 0 Å². The highest BCUT2D eigenvalue weighted by Crippen LogP contribution is 2.29. The summed E-state index contributed by atoms with van der Waals surface area (Å²) in [5.41, 5.74) is 0.582. The molecule has 29 heavy (non-hydrogen) atoms. The number of hydrogen-bond acceptors (Lipinski definition) is 7. The van der Waals surface area contributed by atoms with Gasteiger partial charge in [0, 0.05) is 31.4 Å². The molecule has 0 aromatic heterocycles. The Hall–Kier alpha value is -2.06. The first-order valence-corrected chi connectivity index (χ1v) is 10.7. The molecule has 1 aromatic rings. The summed E-state index contributed by atoms with van der Waals surface area (Å²) in [6.45, 7) is 13.1. The second-order valence-electron chi connectivity index (χ2n) is 6.11. The molecule has 2 aliphatic rings. The van der Waals surface area contributed by atoms with Crippen LogP contribution < -0.4 is 5.32 Å². The third-order valence-corrected chi connectivity index (χ3v) is 4.47. The lowest BCUT2D eigenvalue weighted by Gasteiger charge is -2.35. The van der Waals surface area contributed by atoms with Crippen LogP contribution in [0.5, 0.6) is 0 Å². The van der Waals surface area contributed by atoms with Crippen LogP contribution in [0.15, 0.2) is 40.1 Å². The Kier molecular flexibility index (Phi) is 10.2. The summed E-state index contributed by atoms with van der Waals surface area (Å²) in [6, 6.07) is 7.44. The van der Waals surface area contributed by atoms with E-state index in [-0.39, 0.29) is 5.57 Å². The van der Waals surface area contributed by atoms with E-state index in [1.807, 2.05) is 56.9 Å². The molecule has 162 valence electrons. The summed E-state index contributed by atoms with van der Waals surface area (Å²) in [7, 11) is 0. The van der Waals surface area contributed by atoms with Crippen LogP contribution in [0.2, 0.25) is 0 Å². The summed E-state index contributed by atoms with van der Waals surface area (Å²) in [4.78, 5) is 26.9. The molecule has 7 nitrogen and oxygen atoms in total. The first kappa shape index (κ1) is 25.0. The van der Waals surface area contributed by atoms with Gasteiger partial charge in [0.15, 0.2) is 5.57 Å². The zero-order valence-electron chi connectivity index (χ0n) is 18.0. The molecule has 3 rings (SSSR count). The zero-order chi connectivity index (χ0) is 22.0. The Morgan fingerprint density at radius 1 is 1.00 bits per heavy atom. The molecule has 0 spiro atoms. The maximum atomic E-state index is 12.5. The number of morpholine rings is 1. The van der Waals surface area contributed by atoms with Crippen LogP contribution in [0, 0.1) is 0 Å². The molecule has 1 N–H and O–H groups in total. The van der Waals surface area contributed by atoms with Crippen LogP contribution in [-0.4, -0.2) is 48.9 Å². The molecular formula is C21H31BrN2O5. The number of carbonyl (C=O) groups excluding carboxylic acids is 2. The van der Waals surface area contributed by atoms with Gasteiger partial charge in [-0.3, -0.25) is 0 Å². The number of carbonyl (C=O) groups is 2. The van der Waals surface area contributed by atoms with Gasteiger partial charge in [0.25, 0.3) is 5.79 Å². The number of cyclic esters (lactones) is 2. The summed E-state index contributed by atoms with van der Waals surface area (Å²) in [5.74, 6) is -2.33. The van der Waals surface area contributed by atoms with Crippen molar-refractivity contribution < 1.29 is 23.8 Å². The number of halogens is 1. The van der Waals surface area contributed by atoms with E-state index >= 15 is 0 Å². The third-order valence-electron chi connectivity index (χ3n) is 3.78. The topological polar surface area (TPSA) is 77.1 Å². The summed E-state index contributed by atoms with van der Waals surface area (Å²) in [6.07, 6.45) is 0. The summed E-state index contributed by atoms with van der Waals surface area (Å²) < 4.78 is 16.7. The molecule has 1 aromatic carbocycles. The molecule has 8 heteroatoms. The first-order chi connectivity index (χ1) is 13.9. The highest BCUT2D eigenvalue weighted by atomic mass is 79.9. The van der Waals surface area contributed by atoms with Crippen molar-refractivity contribution in [1.82, 2.24) is 4.90 Å². The molecule has 0 atom stereocenters. The summed E-state index contributed by atoms with van der Waals surface area (Å²) >= 11 is 3.46. The van der Waals surface area contributed by atoms with Gasteiger partial charge in [0.2, 0.25) is 0 Å². The number of para-hydroxylation sites is 1. The Labute approximate surface area is 181 Å². The molecule has 2 saturated heterocycles. The van der Waals surface area contributed by atoms with Crippen molar-refractivity contribution in [3.8, 4) is 0 Å². The van der Waals surface area contributed by atoms with E-state index in [1.54, 1.807) is 0 Å². The number of benzene rings is 1. The fraction of sp³-hybridized carbons (Fsp3) is 0.524. The fourth-order valence-corrected chi connectivity index (χ4v) is 3.01. The molecule has 0 aliphatic carbocycles. The van der Waals surface area contributed by atoms with E-state index in [2.05, 4.69) is 21.2 Å². The Bertz CT molecular complexity index is 706. The predicted octanol–water partition coefficient (Wildman–Crippen LogP) is 4.29. The van der Waals surface area contributed by atoms with Crippen LogP contribution in [0.4, 0.5) is 5.69 Å². The molecule has 2 heterocycles. The number of esters is 2. The average molecular weight is 471 g/mol. The Balaban J connectivity index is 0.000000989. The molecular weight excluding hydrogens is 440 g/mol. The maximum Gasteiger partial charge on any atom is 0.352 e. The standard InChI is InChI=1S/C17H19BrN2O5.2C2H6/c1-17(2)24-15(21)13(16(22)25-17)14(20-7-9-23-10-8-20)19-12-6-4-3-5-11(12)18;2*1-2/h3-6,19H,7-10H2,1-2H3;2*1-2H3. The van der Waals surface area contributed by atoms with Crippen molar-refractivity contribution in [1.29, 1.82) is 0 Å². The number of hydrogen-bond donors (Lipinski definition) is 1. The lowest BCUT2D eigenvalue weighted by Crippen LogP contribution is -2.46. The quantitative estimate of drug-likeness (QED) is 0.400. The minimum Gasteiger partial charge on any atom is -0.419 e. The highest BCUT2D eigenvalue weighted by molar-refractivity contribution is 9.10. The van der Waals surface area contributed by atoms with Gasteiger partial charge >= 0.3 is 11.9 Å². The van der Waals surface area contributed by atoms with E-state index in [0.717, 1.165) is 10.2 Å². The molecule has 2 fully saturated rings. The Morgan fingerprint density at radius 3 is 2.03 bits per heavy atom. The maximum absolute atomic E-state index is 12.5. The van der Waals surface area contributed by atoms with Crippen LogP contribution in [0.1, 0.15) is 41.5 Å². The molecule has 2 aliphatic heterocycles. The second kappa shape index (κ2) is 11.8. The summed E-state index contributed by atoms with van der Waals surface area (Å²) in [5, 5.41) is 3.18. The van der Waals surface area contributed by atoms with Gasteiger partial charge in [0.05, 0.1) is 18.9 Å². The number of rotatable bonds is 3. The number of anilines is 1. The van der Waals surface area contributed by atoms with E-state index in [0.29, 0.717) is 32.1 Å². The fourth-order valence-electron chi connectivity index (χ4n) is 2.62. The normalized spacial score (nSPS) is 17.6. The third kappa shape index (κ3) is 6.75. The molecule has 0 saturated carbocycles. The lowest BCUT2D eigenvalue weighted by molar-refractivity contribution is -0.222. The van der Waals surface area contributed by atoms with Crippen molar-refractivity contribution in [3.05, 3.63) is 40.1 Å². The number of nitrogens with zero attached hydrogens (tertiary/aromatic N) is 1. The van der Waals surface area contributed by atoms with E-state index in [9.17, 15) is 9.59 Å². The van der Waals surface area contributed by atoms with Crippen LogP contribution in [0.25, 0.3) is 0 Å². The van der Waals surface area contributed by atoms with Crippen molar-refractivity contribution in [2.75, 3.05) is 31.6 Å². The minimum atomic E-state index is -1.28. The molecule has 0 radical (unpaired) electrons. The van der Waals surface area contributed by atoms with Gasteiger partial charge in [-0.2, -0.15) is 0 Å². The minimum absolute atomic E-state index is 0.142. The van der Waals surface area contributed by atoms with Crippen molar-refractivity contribution in [2.24, 2.45) is 0 Å². The van der Waals surface area contributed by atoms with Crippen molar-refractivity contribution >= 4 is 33.6 Å². The van der Waals surface area contributed by atoms with Crippen molar-refractivity contribution in [3.63, 3.8) is 0 Å². The number of nitrogens with one attached hydrogen (secondary N) is 1. The van der Waals surface area contributed by atoms with E-state index in [1.165, 1.54) is 13.8 Å². The van der Waals surface area contributed by atoms with Crippen molar-refractivity contribution in [2.45, 2.75) is 47.3 Å².